The number of ether oxygens (including phenoxy) is 1. The molecule has 0 aromatic carbocycles. The topological polar surface area (TPSA) is 27.7 Å². The minimum atomic E-state index is 0.444. The Hall–Kier alpha value is -0.160. The molecule has 1 aliphatic heterocycles. The molecule has 1 N–H and O–H groups in total. The molecule has 4 nitrogen and oxygen atoms in total. The average molecular weight is 243 g/mol. The summed E-state index contributed by atoms with van der Waals surface area (Å²) in [5.41, 5.74) is 0. The van der Waals surface area contributed by atoms with Gasteiger partial charge in [-0.2, -0.15) is 0 Å². The van der Waals surface area contributed by atoms with Gasteiger partial charge in [0.05, 0.1) is 6.61 Å². The molecule has 0 bridgehead atoms. The van der Waals surface area contributed by atoms with Gasteiger partial charge in [0.2, 0.25) is 0 Å². The van der Waals surface area contributed by atoms with Crippen molar-refractivity contribution in [3.05, 3.63) is 0 Å². The SMILES string of the molecule is CCCOCC(NCC)C1CN(C)CCN1C. The van der Waals surface area contributed by atoms with Crippen molar-refractivity contribution in [2.24, 2.45) is 0 Å². The molecule has 2 atom stereocenters. The highest BCUT2D eigenvalue weighted by atomic mass is 16.5. The predicted molar refractivity (Wildman–Crippen MR) is 72.5 cm³/mol. The van der Waals surface area contributed by atoms with Crippen LogP contribution in [0.25, 0.3) is 0 Å². The van der Waals surface area contributed by atoms with Crippen LogP contribution in [0.15, 0.2) is 0 Å². The molecule has 1 fully saturated rings. The molecule has 2 unspecified atom stereocenters. The molecule has 4 heteroatoms. The van der Waals surface area contributed by atoms with Gasteiger partial charge in [-0.05, 0) is 27.1 Å². The van der Waals surface area contributed by atoms with Gasteiger partial charge in [0.1, 0.15) is 0 Å². The van der Waals surface area contributed by atoms with E-state index in [0.29, 0.717) is 12.1 Å². The fourth-order valence-electron chi connectivity index (χ4n) is 2.40. The Kier molecular flexibility index (Phi) is 7.04. The van der Waals surface area contributed by atoms with E-state index in [4.69, 9.17) is 4.74 Å². The van der Waals surface area contributed by atoms with Crippen molar-refractivity contribution in [1.29, 1.82) is 0 Å². The zero-order valence-electron chi connectivity index (χ0n) is 11.9. The molecule has 0 saturated carbocycles. The third-order valence-corrected chi connectivity index (χ3v) is 3.48. The lowest BCUT2D eigenvalue weighted by molar-refractivity contribution is 0.0405. The first kappa shape index (κ1) is 14.9. The molecule has 17 heavy (non-hydrogen) atoms. The zero-order chi connectivity index (χ0) is 12.7. The molecular weight excluding hydrogens is 214 g/mol. The van der Waals surface area contributed by atoms with Crippen LogP contribution in [0.5, 0.6) is 0 Å². The van der Waals surface area contributed by atoms with Crippen molar-refractivity contribution < 1.29 is 4.74 Å². The summed E-state index contributed by atoms with van der Waals surface area (Å²) in [5.74, 6) is 0. The quantitative estimate of drug-likeness (QED) is 0.664. The lowest BCUT2D eigenvalue weighted by atomic mass is 10.0. The van der Waals surface area contributed by atoms with Crippen LogP contribution in [-0.4, -0.2) is 75.4 Å². The molecule has 0 aromatic rings. The molecule has 102 valence electrons. The van der Waals surface area contributed by atoms with Crippen LogP contribution >= 0.6 is 0 Å². The summed E-state index contributed by atoms with van der Waals surface area (Å²) >= 11 is 0. The Labute approximate surface area is 106 Å². The number of likely N-dealkylation sites (N-methyl/N-ethyl adjacent to an activating group) is 3. The van der Waals surface area contributed by atoms with Gasteiger partial charge in [0.25, 0.3) is 0 Å². The smallest absolute Gasteiger partial charge is 0.0635 e. The van der Waals surface area contributed by atoms with Gasteiger partial charge >= 0.3 is 0 Å². The average Bonchev–Trinajstić information content (AvgIpc) is 2.32. The molecule has 0 aliphatic carbocycles. The minimum Gasteiger partial charge on any atom is -0.380 e. The van der Waals surface area contributed by atoms with Gasteiger partial charge < -0.3 is 15.0 Å². The zero-order valence-corrected chi connectivity index (χ0v) is 11.9. The van der Waals surface area contributed by atoms with E-state index in [1.54, 1.807) is 0 Å². The maximum Gasteiger partial charge on any atom is 0.0635 e. The van der Waals surface area contributed by atoms with E-state index in [0.717, 1.165) is 39.3 Å². The van der Waals surface area contributed by atoms with Gasteiger partial charge in [-0.3, -0.25) is 4.90 Å². The summed E-state index contributed by atoms with van der Waals surface area (Å²) in [4.78, 5) is 4.87. The van der Waals surface area contributed by atoms with Crippen LogP contribution in [0.2, 0.25) is 0 Å². The maximum absolute atomic E-state index is 5.73. The Morgan fingerprint density at radius 2 is 2.06 bits per heavy atom. The molecule has 1 rings (SSSR count). The fraction of sp³-hybridized carbons (Fsp3) is 1.00. The standard InChI is InChI=1S/C13H29N3O/c1-5-9-17-11-12(14-6-2)13-10-15(3)7-8-16(13)4/h12-14H,5-11H2,1-4H3. The van der Waals surface area contributed by atoms with E-state index >= 15 is 0 Å². The number of nitrogens with zero attached hydrogens (tertiary/aromatic N) is 2. The van der Waals surface area contributed by atoms with Gasteiger partial charge in [-0.1, -0.05) is 13.8 Å². The van der Waals surface area contributed by atoms with E-state index < -0.39 is 0 Å². The Balaban J connectivity index is 2.48. The van der Waals surface area contributed by atoms with Gasteiger partial charge in [-0.15, -0.1) is 0 Å². The van der Waals surface area contributed by atoms with Crippen molar-refractivity contribution in [2.45, 2.75) is 32.4 Å². The number of hydrogen-bond acceptors (Lipinski definition) is 4. The van der Waals surface area contributed by atoms with Crippen LogP contribution in [-0.2, 0) is 4.74 Å². The van der Waals surface area contributed by atoms with E-state index in [2.05, 4.69) is 43.1 Å². The van der Waals surface area contributed by atoms with Crippen LogP contribution < -0.4 is 5.32 Å². The summed E-state index contributed by atoms with van der Waals surface area (Å²) in [6, 6.07) is 1.00. The van der Waals surface area contributed by atoms with Gasteiger partial charge in [0.15, 0.2) is 0 Å². The molecule has 1 saturated heterocycles. The second-order valence-corrected chi connectivity index (χ2v) is 5.05. The van der Waals surface area contributed by atoms with E-state index in [-0.39, 0.29) is 0 Å². The molecule has 0 radical (unpaired) electrons. The molecule has 0 spiro atoms. The number of nitrogens with one attached hydrogen (secondary N) is 1. The molecule has 1 heterocycles. The van der Waals surface area contributed by atoms with Gasteiger partial charge in [0, 0.05) is 38.3 Å². The second kappa shape index (κ2) is 8.03. The first-order chi connectivity index (χ1) is 8.19. The summed E-state index contributed by atoms with van der Waals surface area (Å²) in [5, 5.41) is 3.57. The third kappa shape index (κ3) is 4.92. The van der Waals surface area contributed by atoms with Crippen LogP contribution in [0, 0.1) is 0 Å². The number of hydrogen-bond donors (Lipinski definition) is 1. The van der Waals surface area contributed by atoms with Gasteiger partial charge in [-0.25, -0.2) is 0 Å². The molecular formula is C13H29N3O. The highest BCUT2D eigenvalue weighted by Gasteiger charge is 2.29. The first-order valence-electron chi connectivity index (χ1n) is 6.88. The maximum atomic E-state index is 5.73. The Morgan fingerprint density at radius 3 is 2.71 bits per heavy atom. The van der Waals surface area contributed by atoms with Crippen molar-refractivity contribution >= 4 is 0 Å². The lowest BCUT2D eigenvalue weighted by Crippen LogP contribution is -2.60. The van der Waals surface area contributed by atoms with Crippen LogP contribution in [0.4, 0.5) is 0 Å². The summed E-state index contributed by atoms with van der Waals surface area (Å²) in [6.45, 7) is 10.5. The molecule has 0 amide bonds. The molecule has 1 aliphatic rings. The monoisotopic (exact) mass is 243 g/mol. The predicted octanol–water partition coefficient (Wildman–Crippen LogP) is 0.637. The highest BCUT2D eigenvalue weighted by molar-refractivity contribution is 4.88. The number of piperazine rings is 1. The van der Waals surface area contributed by atoms with Crippen molar-refractivity contribution in [1.82, 2.24) is 15.1 Å². The van der Waals surface area contributed by atoms with Crippen molar-refractivity contribution in [2.75, 3.05) is 53.5 Å². The van der Waals surface area contributed by atoms with E-state index in [9.17, 15) is 0 Å². The normalized spacial score (nSPS) is 25.1. The highest BCUT2D eigenvalue weighted by Crippen LogP contribution is 2.10. The van der Waals surface area contributed by atoms with Crippen LogP contribution in [0.3, 0.4) is 0 Å². The summed E-state index contributed by atoms with van der Waals surface area (Å²) in [6.07, 6.45) is 1.10. The van der Waals surface area contributed by atoms with Crippen molar-refractivity contribution in [3.8, 4) is 0 Å². The fourth-order valence-corrected chi connectivity index (χ4v) is 2.40. The third-order valence-electron chi connectivity index (χ3n) is 3.48. The Bertz CT molecular complexity index is 201. The van der Waals surface area contributed by atoms with E-state index in [1.165, 1.54) is 6.54 Å². The number of rotatable bonds is 7. The first-order valence-corrected chi connectivity index (χ1v) is 6.88. The van der Waals surface area contributed by atoms with Crippen LogP contribution in [0.1, 0.15) is 20.3 Å². The molecule has 0 aromatic heterocycles. The summed E-state index contributed by atoms with van der Waals surface area (Å²) < 4.78 is 5.73. The summed E-state index contributed by atoms with van der Waals surface area (Å²) in [7, 11) is 4.43. The van der Waals surface area contributed by atoms with E-state index in [1.807, 2.05) is 0 Å². The minimum absolute atomic E-state index is 0.444. The Morgan fingerprint density at radius 1 is 1.29 bits per heavy atom. The van der Waals surface area contributed by atoms with Crippen molar-refractivity contribution in [3.63, 3.8) is 0 Å². The second-order valence-electron chi connectivity index (χ2n) is 5.05. The largest absolute Gasteiger partial charge is 0.380 e. The lowest BCUT2D eigenvalue weighted by Gasteiger charge is -2.42.